The summed E-state index contributed by atoms with van der Waals surface area (Å²) >= 11 is 0. The second kappa shape index (κ2) is 4.85. The van der Waals surface area contributed by atoms with Crippen molar-refractivity contribution in [3.05, 3.63) is 35.4 Å². The van der Waals surface area contributed by atoms with Crippen LogP contribution in [0.1, 0.15) is 36.7 Å². The molecule has 1 N–H and O–H groups in total. The van der Waals surface area contributed by atoms with Crippen molar-refractivity contribution in [2.24, 2.45) is 0 Å². The normalized spacial score (nSPS) is 10.6. The van der Waals surface area contributed by atoms with E-state index < -0.39 is 5.54 Å². The van der Waals surface area contributed by atoms with Gasteiger partial charge in [0.25, 0.3) is 5.91 Å². The summed E-state index contributed by atoms with van der Waals surface area (Å²) in [6, 6.07) is 7.57. The number of hydrogen-bond donors (Lipinski definition) is 1. The number of terminal acetylenes is 1. The fourth-order valence-electron chi connectivity index (χ4n) is 1.44. The van der Waals surface area contributed by atoms with Crippen molar-refractivity contribution in [1.29, 1.82) is 0 Å². The Hall–Kier alpha value is -1.75. The average Bonchev–Trinajstić information content (AvgIpc) is 2.28. The highest BCUT2D eigenvalue weighted by atomic mass is 16.1. The van der Waals surface area contributed by atoms with Crippen LogP contribution in [0, 0.1) is 12.3 Å². The molecule has 0 aromatic heterocycles. The maximum atomic E-state index is 12.0. The lowest BCUT2D eigenvalue weighted by Gasteiger charge is -2.20. The van der Waals surface area contributed by atoms with Gasteiger partial charge in [-0.1, -0.05) is 31.0 Å². The van der Waals surface area contributed by atoms with Crippen molar-refractivity contribution in [1.82, 2.24) is 5.32 Å². The van der Waals surface area contributed by atoms with Gasteiger partial charge in [-0.3, -0.25) is 4.79 Å². The SMILES string of the molecule is C#CC(C)(C)NC(=O)c1ccccc1CC. The molecule has 0 aliphatic carbocycles. The van der Waals surface area contributed by atoms with Crippen molar-refractivity contribution >= 4 is 5.91 Å². The average molecular weight is 215 g/mol. The Labute approximate surface area is 97.1 Å². The molecule has 0 heterocycles. The number of hydrogen-bond acceptors (Lipinski definition) is 1. The zero-order valence-electron chi connectivity index (χ0n) is 10.0. The van der Waals surface area contributed by atoms with E-state index in [-0.39, 0.29) is 5.91 Å². The van der Waals surface area contributed by atoms with Crippen LogP contribution < -0.4 is 5.32 Å². The zero-order chi connectivity index (χ0) is 12.2. The Morgan fingerprint density at radius 2 is 2.06 bits per heavy atom. The van der Waals surface area contributed by atoms with E-state index in [0.29, 0.717) is 5.56 Å². The number of rotatable bonds is 3. The van der Waals surface area contributed by atoms with Crippen LogP contribution in [-0.2, 0) is 6.42 Å². The molecular weight excluding hydrogens is 198 g/mol. The molecule has 0 unspecified atom stereocenters. The van der Waals surface area contributed by atoms with E-state index in [1.165, 1.54) is 0 Å². The summed E-state index contributed by atoms with van der Waals surface area (Å²) in [5.41, 5.74) is 1.12. The van der Waals surface area contributed by atoms with Crippen molar-refractivity contribution in [2.45, 2.75) is 32.7 Å². The van der Waals surface area contributed by atoms with Crippen LogP contribution >= 0.6 is 0 Å². The predicted molar refractivity (Wildman–Crippen MR) is 66.2 cm³/mol. The number of nitrogens with one attached hydrogen (secondary N) is 1. The van der Waals surface area contributed by atoms with Gasteiger partial charge in [-0.15, -0.1) is 6.42 Å². The molecule has 1 amide bonds. The lowest BCUT2D eigenvalue weighted by molar-refractivity contribution is 0.0929. The molecule has 0 fully saturated rings. The summed E-state index contributed by atoms with van der Waals surface area (Å²) in [5.74, 6) is 2.44. The standard InChI is InChI=1S/C14H17NO/c1-5-11-9-7-8-10-12(11)13(16)15-14(3,4)6-2/h2,7-10H,5H2,1,3-4H3,(H,15,16). The van der Waals surface area contributed by atoms with Gasteiger partial charge < -0.3 is 5.32 Å². The summed E-state index contributed by atoms with van der Waals surface area (Å²) in [5, 5.41) is 2.82. The van der Waals surface area contributed by atoms with Crippen molar-refractivity contribution in [2.75, 3.05) is 0 Å². The molecule has 0 spiro atoms. The van der Waals surface area contributed by atoms with Gasteiger partial charge in [0.1, 0.15) is 0 Å². The Morgan fingerprint density at radius 1 is 1.44 bits per heavy atom. The quantitative estimate of drug-likeness (QED) is 0.771. The Morgan fingerprint density at radius 3 is 2.62 bits per heavy atom. The number of aryl methyl sites for hydroxylation is 1. The first-order chi connectivity index (χ1) is 7.50. The van der Waals surface area contributed by atoms with E-state index in [0.717, 1.165) is 12.0 Å². The molecule has 2 heteroatoms. The fraction of sp³-hybridized carbons (Fsp3) is 0.357. The maximum absolute atomic E-state index is 12.0. The van der Waals surface area contributed by atoms with Gasteiger partial charge in [-0.25, -0.2) is 0 Å². The molecule has 1 aromatic rings. The molecular formula is C14H17NO. The first-order valence-electron chi connectivity index (χ1n) is 5.38. The zero-order valence-corrected chi connectivity index (χ0v) is 10.0. The minimum atomic E-state index is -0.613. The number of amides is 1. The minimum absolute atomic E-state index is 0.111. The second-order valence-corrected chi connectivity index (χ2v) is 4.23. The summed E-state index contributed by atoms with van der Waals surface area (Å²) in [6.07, 6.45) is 6.17. The largest absolute Gasteiger partial charge is 0.336 e. The van der Waals surface area contributed by atoms with Gasteiger partial charge in [0.2, 0.25) is 0 Å². The smallest absolute Gasteiger partial charge is 0.252 e. The van der Waals surface area contributed by atoms with E-state index in [9.17, 15) is 4.79 Å². The van der Waals surface area contributed by atoms with Crippen molar-refractivity contribution < 1.29 is 4.79 Å². The van der Waals surface area contributed by atoms with Crippen LogP contribution in [0.2, 0.25) is 0 Å². The minimum Gasteiger partial charge on any atom is -0.336 e. The highest BCUT2D eigenvalue weighted by Crippen LogP contribution is 2.11. The lowest BCUT2D eigenvalue weighted by Crippen LogP contribution is -2.42. The Kier molecular flexibility index (Phi) is 3.73. The molecule has 0 saturated heterocycles. The third-order valence-corrected chi connectivity index (χ3v) is 2.43. The molecule has 0 aliphatic heterocycles. The van der Waals surface area contributed by atoms with Crippen LogP contribution in [0.5, 0.6) is 0 Å². The van der Waals surface area contributed by atoms with Crippen molar-refractivity contribution in [3.63, 3.8) is 0 Å². The van der Waals surface area contributed by atoms with E-state index in [1.807, 2.05) is 31.2 Å². The lowest BCUT2D eigenvalue weighted by atomic mass is 10.0. The highest BCUT2D eigenvalue weighted by Gasteiger charge is 2.19. The van der Waals surface area contributed by atoms with Crippen LogP contribution in [0.25, 0.3) is 0 Å². The molecule has 0 atom stereocenters. The highest BCUT2D eigenvalue weighted by molar-refractivity contribution is 5.96. The van der Waals surface area contributed by atoms with Crippen LogP contribution in [0.4, 0.5) is 0 Å². The first-order valence-corrected chi connectivity index (χ1v) is 5.38. The number of carbonyl (C=O) groups is 1. The van der Waals surface area contributed by atoms with Gasteiger partial charge in [0.15, 0.2) is 0 Å². The summed E-state index contributed by atoms with van der Waals surface area (Å²) in [4.78, 5) is 12.0. The molecule has 16 heavy (non-hydrogen) atoms. The van der Waals surface area contributed by atoms with Crippen LogP contribution in [0.15, 0.2) is 24.3 Å². The summed E-state index contributed by atoms with van der Waals surface area (Å²) in [6.45, 7) is 5.64. The Bertz CT molecular complexity index is 427. The predicted octanol–water partition coefficient (Wildman–Crippen LogP) is 2.39. The summed E-state index contributed by atoms with van der Waals surface area (Å²) < 4.78 is 0. The molecule has 0 radical (unpaired) electrons. The van der Waals surface area contributed by atoms with Gasteiger partial charge in [-0.2, -0.15) is 0 Å². The van der Waals surface area contributed by atoms with E-state index >= 15 is 0 Å². The van der Waals surface area contributed by atoms with E-state index in [4.69, 9.17) is 6.42 Å². The fourth-order valence-corrected chi connectivity index (χ4v) is 1.44. The van der Waals surface area contributed by atoms with Gasteiger partial charge >= 0.3 is 0 Å². The molecule has 2 nitrogen and oxygen atoms in total. The molecule has 1 rings (SSSR count). The molecule has 0 bridgehead atoms. The van der Waals surface area contributed by atoms with Crippen LogP contribution in [0.3, 0.4) is 0 Å². The van der Waals surface area contributed by atoms with Gasteiger partial charge in [0.05, 0.1) is 5.54 Å². The maximum Gasteiger partial charge on any atom is 0.252 e. The molecule has 0 aliphatic rings. The van der Waals surface area contributed by atoms with Crippen molar-refractivity contribution in [3.8, 4) is 12.3 Å². The number of benzene rings is 1. The topological polar surface area (TPSA) is 29.1 Å². The van der Waals surface area contributed by atoms with Crippen LogP contribution in [-0.4, -0.2) is 11.4 Å². The monoisotopic (exact) mass is 215 g/mol. The van der Waals surface area contributed by atoms with Gasteiger partial charge in [0, 0.05) is 5.56 Å². The molecule has 84 valence electrons. The second-order valence-electron chi connectivity index (χ2n) is 4.23. The number of carbonyl (C=O) groups excluding carboxylic acids is 1. The molecule has 1 aromatic carbocycles. The molecule has 0 saturated carbocycles. The Balaban J connectivity index is 2.94. The van der Waals surface area contributed by atoms with Gasteiger partial charge in [-0.05, 0) is 31.9 Å². The third kappa shape index (κ3) is 2.87. The first kappa shape index (κ1) is 12.3. The van der Waals surface area contributed by atoms with E-state index in [2.05, 4.69) is 11.2 Å². The third-order valence-electron chi connectivity index (χ3n) is 2.43. The summed E-state index contributed by atoms with van der Waals surface area (Å²) in [7, 11) is 0. The van der Waals surface area contributed by atoms with E-state index in [1.54, 1.807) is 13.8 Å².